The zero-order valence-electron chi connectivity index (χ0n) is 13.8. The number of nitrogens with zero attached hydrogens (tertiary/aromatic N) is 1. The Morgan fingerprint density at radius 2 is 1.72 bits per heavy atom. The number of carbonyl (C=O) groups is 1. The van der Waals surface area contributed by atoms with Gasteiger partial charge in [-0.1, -0.05) is 0 Å². The van der Waals surface area contributed by atoms with Crippen LogP contribution < -0.4 is 9.64 Å². The van der Waals surface area contributed by atoms with Crippen molar-refractivity contribution in [2.24, 2.45) is 5.41 Å². The molecule has 0 N–H and O–H groups in total. The number of anilines is 1. The second-order valence-electron chi connectivity index (χ2n) is 7.36. The average Bonchev–Trinajstić information content (AvgIpc) is 3.28. The quantitative estimate of drug-likeness (QED) is 0.777. The zero-order valence-corrected chi connectivity index (χ0v) is 13.8. The fourth-order valence-electron chi connectivity index (χ4n) is 3.99. The molecule has 1 aromatic carbocycles. The molecular formula is C18H20F3NO3. The van der Waals surface area contributed by atoms with Crippen LogP contribution in [0.15, 0.2) is 24.3 Å². The molecule has 0 aromatic heterocycles. The van der Waals surface area contributed by atoms with Gasteiger partial charge in [-0.2, -0.15) is 13.2 Å². The molecule has 2 heterocycles. The van der Waals surface area contributed by atoms with Crippen molar-refractivity contribution < 1.29 is 27.4 Å². The minimum absolute atomic E-state index is 0.0520. The lowest BCUT2D eigenvalue weighted by Crippen LogP contribution is -2.39. The molecular weight excluding hydrogens is 335 g/mol. The molecule has 1 saturated carbocycles. The molecule has 7 heteroatoms. The summed E-state index contributed by atoms with van der Waals surface area (Å²) < 4.78 is 46.8. The first-order chi connectivity index (χ1) is 11.8. The number of hydrogen-bond donors (Lipinski definition) is 0. The Balaban J connectivity index is 1.41. The number of benzene rings is 1. The van der Waals surface area contributed by atoms with E-state index < -0.39 is 12.8 Å². The summed E-state index contributed by atoms with van der Waals surface area (Å²) in [6, 6.07) is 6.26. The van der Waals surface area contributed by atoms with Crippen LogP contribution in [0, 0.1) is 5.41 Å². The molecule has 2 aliphatic heterocycles. The molecule has 3 fully saturated rings. The number of ether oxygens (including phenoxy) is 2. The molecule has 136 valence electrons. The smallest absolute Gasteiger partial charge is 0.422 e. The van der Waals surface area contributed by atoms with Gasteiger partial charge in [0.1, 0.15) is 5.75 Å². The number of carbonyl (C=O) groups excluding carboxylic acids is 1. The van der Waals surface area contributed by atoms with Gasteiger partial charge in [0, 0.05) is 12.2 Å². The van der Waals surface area contributed by atoms with Gasteiger partial charge in [0.25, 0.3) is 0 Å². The third-order valence-corrected chi connectivity index (χ3v) is 5.73. The zero-order chi connectivity index (χ0) is 17.7. The summed E-state index contributed by atoms with van der Waals surface area (Å²) >= 11 is 0. The monoisotopic (exact) mass is 355 g/mol. The van der Waals surface area contributed by atoms with Gasteiger partial charge in [-0.15, -0.1) is 0 Å². The third-order valence-electron chi connectivity index (χ3n) is 5.73. The van der Waals surface area contributed by atoms with Crippen molar-refractivity contribution in [3.63, 3.8) is 0 Å². The molecule has 2 spiro atoms. The Morgan fingerprint density at radius 1 is 1.08 bits per heavy atom. The molecule has 4 rings (SSSR count). The minimum atomic E-state index is -4.36. The number of epoxide rings is 1. The summed E-state index contributed by atoms with van der Waals surface area (Å²) in [4.78, 5) is 14.7. The van der Waals surface area contributed by atoms with Crippen LogP contribution in [-0.4, -0.2) is 37.4 Å². The summed E-state index contributed by atoms with van der Waals surface area (Å²) in [6.07, 6.45) is 0.0612. The predicted molar refractivity (Wildman–Crippen MR) is 84.5 cm³/mol. The summed E-state index contributed by atoms with van der Waals surface area (Å²) in [5.74, 6) is 0.278. The van der Waals surface area contributed by atoms with E-state index in [9.17, 15) is 18.0 Å². The maximum Gasteiger partial charge on any atom is 0.422 e. The molecule has 0 unspecified atom stereocenters. The first kappa shape index (κ1) is 16.7. The average molecular weight is 355 g/mol. The molecule has 1 aromatic rings. The number of amides is 1. The van der Waals surface area contributed by atoms with Crippen molar-refractivity contribution in [3.8, 4) is 5.75 Å². The van der Waals surface area contributed by atoms with Crippen molar-refractivity contribution in [2.75, 3.05) is 24.7 Å². The SMILES string of the molecule is O=C1N(c2ccc(OCC(F)(F)F)cc2)CC[C@]12CC[C@@]1(CC2)CO1. The van der Waals surface area contributed by atoms with Gasteiger partial charge in [-0.05, 0) is 56.4 Å². The van der Waals surface area contributed by atoms with Gasteiger partial charge in [0.05, 0.1) is 17.6 Å². The Kier molecular flexibility index (Phi) is 3.76. The maximum atomic E-state index is 13.0. The Hall–Kier alpha value is -1.76. The summed E-state index contributed by atoms with van der Waals surface area (Å²) in [5.41, 5.74) is 0.475. The van der Waals surface area contributed by atoms with E-state index in [0.29, 0.717) is 12.2 Å². The van der Waals surface area contributed by atoms with Gasteiger partial charge >= 0.3 is 6.18 Å². The lowest BCUT2D eigenvalue weighted by molar-refractivity contribution is -0.153. The van der Waals surface area contributed by atoms with Gasteiger partial charge in [-0.3, -0.25) is 4.79 Å². The van der Waals surface area contributed by atoms with E-state index in [4.69, 9.17) is 9.47 Å². The van der Waals surface area contributed by atoms with Crippen LogP contribution in [-0.2, 0) is 9.53 Å². The largest absolute Gasteiger partial charge is 0.484 e. The molecule has 0 atom stereocenters. The van der Waals surface area contributed by atoms with Gasteiger partial charge < -0.3 is 14.4 Å². The van der Waals surface area contributed by atoms with Gasteiger partial charge in [0.2, 0.25) is 5.91 Å². The van der Waals surface area contributed by atoms with Gasteiger partial charge in [0.15, 0.2) is 6.61 Å². The van der Waals surface area contributed by atoms with Crippen LogP contribution in [0.4, 0.5) is 18.9 Å². The predicted octanol–water partition coefficient (Wildman–Crippen LogP) is 3.69. The normalized spacial score (nSPS) is 31.8. The Morgan fingerprint density at radius 3 is 2.28 bits per heavy atom. The van der Waals surface area contributed by atoms with Crippen molar-refractivity contribution >= 4 is 11.6 Å². The lowest BCUT2D eigenvalue weighted by Gasteiger charge is -2.34. The highest BCUT2D eigenvalue weighted by molar-refractivity contribution is 6.00. The fraction of sp³-hybridized carbons (Fsp3) is 0.611. The molecule has 4 nitrogen and oxygen atoms in total. The van der Waals surface area contributed by atoms with Crippen LogP contribution in [0.5, 0.6) is 5.75 Å². The topological polar surface area (TPSA) is 42.1 Å². The third kappa shape index (κ3) is 3.21. The van der Waals surface area contributed by atoms with Crippen LogP contribution in [0.3, 0.4) is 0 Å². The van der Waals surface area contributed by atoms with Crippen molar-refractivity contribution in [3.05, 3.63) is 24.3 Å². The summed E-state index contributed by atoms with van der Waals surface area (Å²) in [5, 5.41) is 0. The molecule has 0 bridgehead atoms. The molecule has 3 aliphatic rings. The van der Waals surface area contributed by atoms with E-state index in [1.807, 2.05) is 0 Å². The molecule has 1 aliphatic carbocycles. The maximum absolute atomic E-state index is 13.0. The fourth-order valence-corrected chi connectivity index (χ4v) is 3.99. The number of halogens is 3. The van der Waals surface area contributed by atoms with Gasteiger partial charge in [-0.25, -0.2) is 0 Å². The second kappa shape index (κ2) is 5.62. The standard InChI is InChI=1S/C18H20F3NO3/c19-18(20,21)12-24-14-3-1-13(2-4-14)22-10-9-16(15(22)23)5-7-17(8-6-16)11-25-17/h1-4H,5-12H2/t16-,17-. The van der Waals surface area contributed by atoms with Crippen LogP contribution in [0.2, 0.25) is 0 Å². The van der Waals surface area contributed by atoms with E-state index >= 15 is 0 Å². The van der Waals surface area contributed by atoms with Crippen LogP contribution in [0.25, 0.3) is 0 Å². The number of alkyl halides is 3. The highest BCUT2D eigenvalue weighted by Crippen LogP contribution is 2.53. The Bertz CT molecular complexity index is 657. The molecule has 0 radical (unpaired) electrons. The van der Waals surface area contributed by atoms with E-state index in [1.54, 1.807) is 17.0 Å². The number of hydrogen-bond acceptors (Lipinski definition) is 3. The highest BCUT2D eigenvalue weighted by atomic mass is 19.4. The molecule has 25 heavy (non-hydrogen) atoms. The van der Waals surface area contributed by atoms with Crippen LogP contribution >= 0.6 is 0 Å². The second-order valence-corrected chi connectivity index (χ2v) is 7.36. The first-order valence-corrected chi connectivity index (χ1v) is 8.57. The van der Waals surface area contributed by atoms with Crippen molar-refractivity contribution in [1.82, 2.24) is 0 Å². The number of rotatable bonds is 3. The van der Waals surface area contributed by atoms with Crippen molar-refractivity contribution in [1.29, 1.82) is 0 Å². The Labute approximate surface area is 143 Å². The highest BCUT2D eigenvalue weighted by Gasteiger charge is 2.56. The lowest BCUT2D eigenvalue weighted by atomic mass is 9.69. The first-order valence-electron chi connectivity index (χ1n) is 8.57. The van der Waals surface area contributed by atoms with E-state index in [0.717, 1.165) is 38.7 Å². The van der Waals surface area contributed by atoms with E-state index in [-0.39, 0.29) is 22.7 Å². The summed E-state index contributed by atoms with van der Waals surface area (Å²) in [7, 11) is 0. The minimum Gasteiger partial charge on any atom is -0.484 e. The van der Waals surface area contributed by atoms with E-state index in [1.165, 1.54) is 12.1 Å². The van der Waals surface area contributed by atoms with Crippen LogP contribution in [0.1, 0.15) is 32.1 Å². The molecule has 2 saturated heterocycles. The van der Waals surface area contributed by atoms with Crippen molar-refractivity contribution in [2.45, 2.75) is 43.9 Å². The summed E-state index contributed by atoms with van der Waals surface area (Å²) in [6.45, 7) is 0.151. The molecule has 1 amide bonds. The van der Waals surface area contributed by atoms with E-state index in [2.05, 4.69) is 0 Å².